The average molecular weight is 196 g/mol. The number of nitrogens with two attached hydrogens (primary N) is 1. The van der Waals surface area contributed by atoms with Gasteiger partial charge in [-0.2, -0.15) is 4.99 Å². The summed E-state index contributed by atoms with van der Waals surface area (Å²) in [6.07, 6.45) is 1.46. The van der Waals surface area contributed by atoms with Crippen molar-refractivity contribution in [3.8, 4) is 0 Å². The Morgan fingerprint density at radius 1 is 1.50 bits per heavy atom. The van der Waals surface area contributed by atoms with Gasteiger partial charge in [-0.1, -0.05) is 5.16 Å². The van der Waals surface area contributed by atoms with Crippen molar-refractivity contribution in [2.24, 2.45) is 10.7 Å². The summed E-state index contributed by atoms with van der Waals surface area (Å²) in [5, 5.41) is 3.65. The number of morpholine rings is 1. The second-order valence-electron chi connectivity index (χ2n) is 2.93. The summed E-state index contributed by atoms with van der Waals surface area (Å²) in [7, 11) is 0. The molecule has 2 heterocycles. The van der Waals surface area contributed by atoms with E-state index >= 15 is 0 Å². The van der Waals surface area contributed by atoms with Crippen LogP contribution < -0.4 is 5.73 Å². The summed E-state index contributed by atoms with van der Waals surface area (Å²) in [5.41, 5.74) is 5.78. The molecule has 0 amide bonds. The molecule has 1 aliphatic rings. The Morgan fingerprint density at radius 2 is 2.29 bits per heavy atom. The number of hydrogen-bond acceptors (Lipinski definition) is 4. The van der Waals surface area contributed by atoms with E-state index in [0.717, 1.165) is 13.1 Å². The Balaban J connectivity index is 2.02. The molecule has 0 unspecified atom stereocenters. The van der Waals surface area contributed by atoms with Gasteiger partial charge < -0.3 is 19.9 Å². The third-order valence-electron chi connectivity index (χ3n) is 1.99. The van der Waals surface area contributed by atoms with E-state index in [1.165, 1.54) is 6.26 Å². The van der Waals surface area contributed by atoms with Crippen molar-refractivity contribution < 1.29 is 9.26 Å². The lowest BCUT2D eigenvalue weighted by molar-refractivity contribution is 0.0675. The Bertz CT molecular complexity index is 303. The number of aliphatic imine (C=N–C) groups is 1. The van der Waals surface area contributed by atoms with E-state index < -0.39 is 0 Å². The summed E-state index contributed by atoms with van der Waals surface area (Å²) in [6, 6.07) is 1.66. The van der Waals surface area contributed by atoms with Crippen LogP contribution in [0.1, 0.15) is 0 Å². The van der Waals surface area contributed by atoms with Crippen molar-refractivity contribution in [2.75, 3.05) is 26.3 Å². The number of rotatable bonds is 1. The molecule has 0 aromatic carbocycles. The molecule has 2 rings (SSSR count). The van der Waals surface area contributed by atoms with Gasteiger partial charge in [0.25, 0.3) is 0 Å². The molecule has 1 saturated heterocycles. The maximum atomic E-state index is 5.78. The molecule has 0 spiro atoms. The number of guanidine groups is 1. The van der Waals surface area contributed by atoms with Crippen LogP contribution in [-0.2, 0) is 4.74 Å². The first-order valence-electron chi connectivity index (χ1n) is 4.43. The number of nitrogens with zero attached hydrogens (tertiary/aromatic N) is 3. The highest BCUT2D eigenvalue weighted by Gasteiger charge is 2.12. The lowest BCUT2D eigenvalue weighted by Gasteiger charge is -2.27. The quantitative estimate of drug-likeness (QED) is 0.503. The molecular formula is C8H12N4O2. The van der Waals surface area contributed by atoms with E-state index in [4.69, 9.17) is 10.5 Å². The maximum Gasteiger partial charge on any atom is 0.198 e. The van der Waals surface area contributed by atoms with Gasteiger partial charge >= 0.3 is 0 Å². The fourth-order valence-corrected chi connectivity index (χ4v) is 1.24. The zero-order valence-corrected chi connectivity index (χ0v) is 7.72. The van der Waals surface area contributed by atoms with Crippen LogP contribution in [0.4, 0.5) is 5.82 Å². The minimum Gasteiger partial charge on any atom is -0.378 e. The zero-order valence-electron chi connectivity index (χ0n) is 7.72. The molecule has 6 heteroatoms. The predicted molar refractivity (Wildman–Crippen MR) is 50.2 cm³/mol. The van der Waals surface area contributed by atoms with Crippen LogP contribution >= 0.6 is 0 Å². The first-order chi connectivity index (χ1) is 6.86. The van der Waals surface area contributed by atoms with Crippen LogP contribution in [0.3, 0.4) is 0 Å². The molecule has 76 valence electrons. The van der Waals surface area contributed by atoms with Gasteiger partial charge in [-0.05, 0) is 0 Å². The minimum absolute atomic E-state index is 0.460. The molecule has 0 bridgehead atoms. The van der Waals surface area contributed by atoms with Crippen molar-refractivity contribution >= 4 is 11.8 Å². The fourth-order valence-electron chi connectivity index (χ4n) is 1.24. The first kappa shape index (κ1) is 9.01. The van der Waals surface area contributed by atoms with Gasteiger partial charge in [0.2, 0.25) is 0 Å². The highest BCUT2D eigenvalue weighted by molar-refractivity contribution is 5.80. The van der Waals surface area contributed by atoms with Gasteiger partial charge in [-0.3, -0.25) is 0 Å². The van der Waals surface area contributed by atoms with Crippen LogP contribution in [0.25, 0.3) is 0 Å². The normalized spacial score (nSPS) is 18.6. The fraction of sp³-hybridized carbons (Fsp3) is 0.500. The standard InChI is InChI=1S/C8H12N4O2/c9-8(10-7-1-4-14-11-7)12-2-5-13-6-3-12/h1,4H,2-3,5-6H2,(H2,9,10,11). The van der Waals surface area contributed by atoms with Gasteiger partial charge in [0, 0.05) is 19.2 Å². The van der Waals surface area contributed by atoms with Gasteiger partial charge in [0.05, 0.1) is 13.2 Å². The molecule has 0 atom stereocenters. The minimum atomic E-state index is 0.460. The number of aromatic nitrogens is 1. The molecule has 1 aliphatic heterocycles. The molecular weight excluding hydrogens is 184 g/mol. The van der Waals surface area contributed by atoms with E-state index in [9.17, 15) is 0 Å². The molecule has 0 saturated carbocycles. The van der Waals surface area contributed by atoms with E-state index in [-0.39, 0.29) is 0 Å². The van der Waals surface area contributed by atoms with Crippen molar-refractivity contribution in [1.82, 2.24) is 10.1 Å². The van der Waals surface area contributed by atoms with Crippen molar-refractivity contribution in [1.29, 1.82) is 0 Å². The summed E-state index contributed by atoms with van der Waals surface area (Å²) < 4.78 is 9.85. The summed E-state index contributed by atoms with van der Waals surface area (Å²) in [4.78, 5) is 6.06. The molecule has 1 aromatic rings. The molecule has 0 aliphatic carbocycles. The Kier molecular flexibility index (Phi) is 2.64. The molecule has 14 heavy (non-hydrogen) atoms. The zero-order chi connectivity index (χ0) is 9.80. The maximum absolute atomic E-state index is 5.78. The second kappa shape index (κ2) is 4.10. The Hall–Kier alpha value is -1.56. The highest BCUT2D eigenvalue weighted by Crippen LogP contribution is 2.07. The van der Waals surface area contributed by atoms with Crippen LogP contribution in [0, 0.1) is 0 Å². The SMILES string of the molecule is NC(=Nc1ccon1)N1CCOCC1. The third kappa shape index (κ3) is 2.02. The molecule has 2 N–H and O–H groups in total. The molecule has 6 nitrogen and oxygen atoms in total. The molecule has 0 radical (unpaired) electrons. The molecule has 1 fully saturated rings. The smallest absolute Gasteiger partial charge is 0.198 e. The summed E-state index contributed by atoms with van der Waals surface area (Å²) in [5.74, 6) is 0.955. The van der Waals surface area contributed by atoms with Crippen LogP contribution in [0.5, 0.6) is 0 Å². The van der Waals surface area contributed by atoms with Gasteiger partial charge in [0.15, 0.2) is 11.8 Å². The van der Waals surface area contributed by atoms with Gasteiger partial charge in [0.1, 0.15) is 6.26 Å². The van der Waals surface area contributed by atoms with Gasteiger partial charge in [-0.25, -0.2) is 0 Å². The van der Waals surface area contributed by atoms with E-state index in [1.807, 2.05) is 4.90 Å². The van der Waals surface area contributed by atoms with Crippen LogP contribution in [-0.4, -0.2) is 42.3 Å². The average Bonchev–Trinajstić information content (AvgIpc) is 2.72. The lowest BCUT2D eigenvalue weighted by atomic mass is 10.4. The topological polar surface area (TPSA) is 76.9 Å². The van der Waals surface area contributed by atoms with E-state index in [0.29, 0.717) is 25.0 Å². The van der Waals surface area contributed by atoms with E-state index in [2.05, 4.69) is 14.7 Å². The van der Waals surface area contributed by atoms with E-state index in [1.54, 1.807) is 6.07 Å². The van der Waals surface area contributed by atoms with Crippen LogP contribution in [0.2, 0.25) is 0 Å². The lowest BCUT2D eigenvalue weighted by Crippen LogP contribution is -2.44. The number of hydrogen-bond donors (Lipinski definition) is 1. The van der Waals surface area contributed by atoms with Crippen molar-refractivity contribution in [2.45, 2.75) is 0 Å². The summed E-state index contributed by atoms with van der Waals surface area (Å²) in [6.45, 7) is 2.92. The highest BCUT2D eigenvalue weighted by atomic mass is 16.5. The summed E-state index contributed by atoms with van der Waals surface area (Å²) >= 11 is 0. The van der Waals surface area contributed by atoms with Crippen molar-refractivity contribution in [3.63, 3.8) is 0 Å². The Morgan fingerprint density at radius 3 is 2.93 bits per heavy atom. The van der Waals surface area contributed by atoms with Gasteiger partial charge in [-0.15, -0.1) is 0 Å². The largest absolute Gasteiger partial charge is 0.378 e. The van der Waals surface area contributed by atoms with Crippen molar-refractivity contribution in [3.05, 3.63) is 12.3 Å². The Labute approximate surface area is 81.3 Å². The number of ether oxygens (including phenoxy) is 1. The monoisotopic (exact) mass is 196 g/mol. The van der Waals surface area contributed by atoms with Crippen LogP contribution in [0.15, 0.2) is 21.8 Å². The third-order valence-corrected chi connectivity index (χ3v) is 1.99. The second-order valence-corrected chi connectivity index (χ2v) is 2.93. The predicted octanol–water partition coefficient (Wildman–Crippen LogP) is -0.0470. The first-order valence-corrected chi connectivity index (χ1v) is 4.43. The molecule has 1 aromatic heterocycles.